The van der Waals surface area contributed by atoms with E-state index in [0.717, 1.165) is 0 Å². The highest BCUT2D eigenvalue weighted by Crippen LogP contribution is 2.61. The molecule has 1 unspecified atom stereocenters. The highest BCUT2D eigenvalue weighted by molar-refractivity contribution is 14.1. The second kappa shape index (κ2) is 9.67. The van der Waals surface area contributed by atoms with Gasteiger partial charge in [-0.05, 0) is 12.8 Å². The molecule has 0 aliphatic rings. The number of carbonyl (C=O) groups excluding carboxylic acids is 1. The average Bonchev–Trinajstić information content (AvgIpc) is 2.39. The molecule has 0 fully saturated rings. The fraction of sp³-hybridized carbons (Fsp3) is 0.929. The summed E-state index contributed by atoms with van der Waals surface area (Å²) >= 11 is 1.96. The monoisotopic (exact) mass is 516 g/mol. The van der Waals surface area contributed by atoms with Crippen LogP contribution in [0.2, 0.25) is 0 Å². The largest absolute Gasteiger partial charge is 0.465 e. The van der Waals surface area contributed by atoms with E-state index in [-0.39, 0.29) is 23.4 Å². The first-order valence-electron chi connectivity index (χ1n) is 7.54. The lowest BCUT2D eigenvalue weighted by Gasteiger charge is -2.38. The molecule has 156 valence electrons. The lowest BCUT2D eigenvalue weighted by Crippen LogP contribution is -2.59. The van der Waals surface area contributed by atoms with E-state index < -0.39 is 42.8 Å². The first-order chi connectivity index (χ1) is 11.6. The molecule has 0 spiro atoms. The Bertz CT molecular complexity index is 407. The number of carbonyl (C=O) groups is 1. The number of halogens is 10. The molecular formula is C14H18F9IO2. The first kappa shape index (κ1) is 25.6. The Hall–Kier alpha value is -0.430. The number of hydrogen-bond donors (Lipinski definition) is 0. The zero-order valence-electron chi connectivity index (χ0n) is 13.6. The van der Waals surface area contributed by atoms with E-state index in [1.165, 1.54) is 6.92 Å². The third kappa shape index (κ3) is 6.95. The van der Waals surface area contributed by atoms with Crippen LogP contribution in [-0.4, -0.2) is 35.0 Å². The molecule has 0 N–H and O–H groups in total. The van der Waals surface area contributed by atoms with E-state index in [2.05, 4.69) is 0 Å². The van der Waals surface area contributed by atoms with Crippen molar-refractivity contribution in [2.45, 2.75) is 67.9 Å². The Morgan fingerprint density at radius 3 is 1.65 bits per heavy atom. The predicted octanol–water partition coefficient (Wildman–Crippen LogP) is 6.37. The van der Waals surface area contributed by atoms with Crippen molar-refractivity contribution < 1.29 is 49.0 Å². The van der Waals surface area contributed by atoms with Gasteiger partial charge in [-0.1, -0.05) is 48.3 Å². The molecule has 0 aromatic rings. The molecule has 0 aliphatic heterocycles. The molecular weight excluding hydrogens is 498 g/mol. The maximum atomic E-state index is 12.7. The molecule has 0 aromatic heterocycles. The normalized spacial score (nSPS) is 15.0. The van der Waals surface area contributed by atoms with Gasteiger partial charge in [0.2, 0.25) is 0 Å². The Labute approximate surface area is 158 Å². The quantitative estimate of drug-likeness (QED) is 0.117. The smallest absolute Gasteiger partial charge is 0.412 e. The fourth-order valence-corrected chi connectivity index (χ4v) is 2.93. The lowest BCUT2D eigenvalue weighted by molar-refractivity contribution is -0.429. The van der Waals surface area contributed by atoms with Crippen LogP contribution in [0, 0.1) is 5.41 Å². The van der Waals surface area contributed by atoms with E-state index in [9.17, 15) is 44.3 Å². The minimum Gasteiger partial charge on any atom is -0.465 e. The van der Waals surface area contributed by atoms with Gasteiger partial charge in [0.1, 0.15) is 6.61 Å². The van der Waals surface area contributed by atoms with Gasteiger partial charge in [-0.2, -0.15) is 39.5 Å². The molecule has 0 saturated carbocycles. The Balaban J connectivity index is 4.65. The van der Waals surface area contributed by atoms with E-state index in [1.54, 1.807) is 0 Å². The average molecular weight is 516 g/mol. The molecule has 0 aromatic carbocycles. The van der Waals surface area contributed by atoms with E-state index in [1.807, 2.05) is 22.6 Å². The maximum absolute atomic E-state index is 12.7. The third-order valence-electron chi connectivity index (χ3n) is 3.74. The van der Waals surface area contributed by atoms with Crippen LogP contribution in [0.25, 0.3) is 0 Å². The summed E-state index contributed by atoms with van der Waals surface area (Å²) in [5.74, 6) is -0.491. The number of esters is 1. The summed E-state index contributed by atoms with van der Waals surface area (Å²) in [5.41, 5.74) is -5.71. The summed E-state index contributed by atoms with van der Waals surface area (Å²) in [6.07, 6.45) is -21.6. The number of ether oxygens (including phenoxy) is 1. The Kier molecular flexibility index (Phi) is 9.51. The molecule has 0 amide bonds. The SMILES string of the molecule is CC(=O)OCC(I)CCCCCCC(C(F)(F)F)(C(F)(F)F)C(F)(F)F. The van der Waals surface area contributed by atoms with Crippen molar-refractivity contribution in [2.24, 2.45) is 5.41 Å². The minimum absolute atomic E-state index is 0.101. The van der Waals surface area contributed by atoms with Crippen molar-refractivity contribution >= 4 is 28.6 Å². The fourth-order valence-electron chi connectivity index (χ4n) is 2.31. The van der Waals surface area contributed by atoms with Gasteiger partial charge in [0.25, 0.3) is 5.41 Å². The molecule has 12 heteroatoms. The number of hydrogen-bond acceptors (Lipinski definition) is 2. The van der Waals surface area contributed by atoms with Gasteiger partial charge in [0.15, 0.2) is 0 Å². The van der Waals surface area contributed by atoms with Crippen LogP contribution in [0.5, 0.6) is 0 Å². The highest BCUT2D eigenvalue weighted by Gasteiger charge is 2.82. The summed E-state index contributed by atoms with van der Waals surface area (Å²) < 4.78 is 119. The van der Waals surface area contributed by atoms with Crippen LogP contribution < -0.4 is 0 Å². The van der Waals surface area contributed by atoms with Crippen LogP contribution in [-0.2, 0) is 9.53 Å². The zero-order chi connectivity index (χ0) is 20.8. The molecule has 26 heavy (non-hydrogen) atoms. The molecule has 2 nitrogen and oxygen atoms in total. The Morgan fingerprint density at radius 2 is 1.27 bits per heavy atom. The van der Waals surface area contributed by atoms with Crippen LogP contribution in [0.15, 0.2) is 0 Å². The van der Waals surface area contributed by atoms with Gasteiger partial charge in [-0.25, -0.2) is 0 Å². The van der Waals surface area contributed by atoms with Gasteiger partial charge in [0, 0.05) is 10.8 Å². The number of rotatable bonds is 9. The topological polar surface area (TPSA) is 26.3 Å². The molecule has 0 rings (SSSR count). The second-order valence-electron chi connectivity index (χ2n) is 5.75. The third-order valence-corrected chi connectivity index (χ3v) is 4.72. The molecule has 0 saturated heterocycles. The predicted molar refractivity (Wildman–Crippen MR) is 82.7 cm³/mol. The maximum Gasteiger partial charge on any atom is 0.412 e. The van der Waals surface area contributed by atoms with Gasteiger partial charge >= 0.3 is 24.5 Å². The second-order valence-corrected chi connectivity index (χ2v) is 7.51. The van der Waals surface area contributed by atoms with Crippen LogP contribution in [0.3, 0.4) is 0 Å². The number of alkyl halides is 10. The summed E-state index contributed by atoms with van der Waals surface area (Å²) in [4.78, 5) is 10.6. The summed E-state index contributed by atoms with van der Waals surface area (Å²) in [5, 5.41) is 0. The molecule has 0 bridgehead atoms. The standard InChI is InChI=1S/C14H18F9IO2/c1-9(25)26-8-10(24)6-4-2-3-5-7-11(12(15,16)17,13(18,19)20)14(21,22)23/h10H,2-8H2,1H3. The minimum atomic E-state index is -6.49. The van der Waals surface area contributed by atoms with Crippen molar-refractivity contribution in [1.82, 2.24) is 0 Å². The molecule has 1 atom stereocenters. The van der Waals surface area contributed by atoms with E-state index in [0.29, 0.717) is 12.8 Å². The number of unbranched alkanes of at least 4 members (excludes halogenated alkanes) is 3. The van der Waals surface area contributed by atoms with Crippen molar-refractivity contribution in [1.29, 1.82) is 0 Å². The van der Waals surface area contributed by atoms with Gasteiger partial charge in [-0.3, -0.25) is 4.79 Å². The van der Waals surface area contributed by atoms with Gasteiger partial charge in [-0.15, -0.1) is 0 Å². The van der Waals surface area contributed by atoms with E-state index in [4.69, 9.17) is 4.74 Å². The molecule has 0 radical (unpaired) electrons. The van der Waals surface area contributed by atoms with Gasteiger partial charge < -0.3 is 4.74 Å². The van der Waals surface area contributed by atoms with Crippen molar-refractivity contribution in [3.05, 3.63) is 0 Å². The summed E-state index contributed by atoms with van der Waals surface area (Å²) in [7, 11) is 0. The molecule has 0 aliphatic carbocycles. The van der Waals surface area contributed by atoms with Crippen molar-refractivity contribution in [3.8, 4) is 0 Å². The van der Waals surface area contributed by atoms with Crippen LogP contribution >= 0.6 is 22.6 Å². The van der Waals surface area contributed by atoms with Gasteiger partial charge in [0.05, 0.1) is 0 Å². The summed E-state index contributed by atoms with van der Waals surface area (Å²) in [6, 6.07) is 0. The van der Waals surface area contributed by atoms with Crippen LogP contribution in [0.4, 0.5) is 39.5 Å². The van der Waals surface area contributed by atoms with Crippen molar-refractivity contribution in [3.63, 3.8) is 0 Å². The van der Waals surface area contributed by atoms with Crippen molar-refractivity contribution in [2.75, 3.05) is 6.61 Å². The highest BCUT2D eigenvalue weighted by atomic mass is 127. The lowest BCUT2D eigenvalue weighted by atomic mass is 9.80. The zero-order valence-corrected chi connectivity index (χ0v) is 15.8. The van der Waals surface area contributed by atoms with Crippen LogP contribution in [0.1, 0.15) is 45.4 Å². The Morgan fingerprint density at radius 1 is 0.846 bits per heavy atom. The molecule has 0 heterocycles. The van der Waals surface area contributed by atoms with E-state index >= 15 is 0 Å². The summed E-state index contributed by atoms with van der Waals surface area (Å²) in [6.45, 7) is 1.31. The first-order valence-corrected chi connectivity index (χ1v) is 8.78.